The number of ether oxygens (including phenoxy) is 1. The molecular formula is C10H19NO2. The lowest BCUT2D eigenvalue weighted by Gasteiger charge is -2.38. The molecule has 1 aliphatic carbocycles. The van der Waals surface area contributed by atoms with Gasteiger partial charge in [-0.05, 0) is 25.7 Å². The summed E-state index contributed by atoms with van der Waals surface area (Å²) in [5, 5.41) is 9.88. The van der Waals surface area contributed by atoms with E-state index in [1.54, 1.807) is 0 Å². The Bertz CT molecular complexity index is 162. The Morgan fingerprint density at radius 2 is 1.92 bits per heavy atom. The van der Waals surface area contributed by atoms with Gasteiger partial charge in [-0.25, -0.2) is 0 Å². The Morgan fingerprint density at radius 1 is 1.23 bits per heavy atom. The van der Waals surface area contributed by atoms with Gasteiger partial charge in [0.05, 0.1) is 18.8 Å². The van der Waals surface area contributed by atoms with Gasteiger partial charge in [-0.1, -0.05) is 0 Å². The van der Waals surface area contributed by atoms with Crippen molar-refractivity contribution >= 4 is 0 Å². The number of nitrogens with zero attached hydrogens (tertiary/aromatic N) is 1. The molecule has 0 spiro atoms. The van der Waals surface area contributed by atoms with Gasteiger partial charge in [-0.15, -0.1) is 0 Å². The first-order valence-electron chi connectivity index (χ1n) is 5.31. The molecule has 3 nitrogen and oxygen atoms in total. The van der Waals surface area contributed by atoms with Crippen molar-refractivity contribution in [2.45, 2.75) is 31.3 Å². The van der Waals surface area contributed by atoms with Crippen molar-refractivity contribution in [2.75, 3.05) is 32.8 Å². The molecule has 0 aromatic carbocycles. The average Bonchev–Trinajstić information content (AvgIpc) is 2.13. The molecule has 0 radical (unpaired) electrons. The van der Waals surface area contributed by atoms with E-state index in [9.17, 15) is 5.11 Å². The van der Waals surface area contributed by atoms with Crippen LogP contribution in [0, 0.1) is 0 Å². The molecule has 0 aromatic rings. The van der Waals surface area contributed by atoms with E-state index in [4.69, 9.17) is 4.74 Å². The summed E-state index contributed by atoms with van der Waals surface area (Å²) in [4.78, 5) is 2.39. The molecule has 0 unspecified atom stereocenters. The standard InChI is InChI=1S/C10H19NO2/c12-10(2-1-3-10)4-5-11-6-8-13-9-7-11/h12H,1-9H2. The van der Waals surface area contributed by atoms with Crippen molar-refractivity contribution < 1.29 is 9.84 Å². The maximum Gasteiger partial charge on any atom is 0.0660 e. The third-order valence-electron chi connectivity index (χ3n) is 3.28. The second kappa shape index (κ2) is 3.95. The lowest BCUT2D eigenvalue weighted by atomic mass is 9.78. The molecule has 0 amide bonds. The molecule has 76 valence electrons. The van der Waals surface area contributed by atoms with Gasteiger partial charge in [0.2, 0.25) is 0 Å². The van der Waals surface area contributed by atoms with Crippen LogP contribution in [-0.4, -0.2) is 48.5 Å². The van der Waals surface area contributed by atoms with Gasteiger partial charge in [0, 0.05) is 19.6 Å². The zero-order valence-corrected chi connectivity index (χ0v) is 8.17. The minimum Gasteiger partial charge on any atom is -0.390 e. The predicted molar refractivity (Wildman–Crippen MR) is 50.7 cm³/mol. The molecule has 0 atom stereocenters. The molecule has 1 heterocycles. The summed E-state index contributed by atoms with van der Waals surface area (Å²) in [7, 11) is 0. The van der Waals surface area contributed by atoms with Crippen molar-refractivity contribution in [3.05, 3.63) is 0 Å². The van der Waals surface area contributed by atoms with E-state index in [1.807, 2.05) is 0 Å². The normalized spacial score (nSPS) is 28.4. The zero-order valence-electron chi connectivity index (χ0n) is 8.17. The summed E-state index contributed by atoms with van der Waals surface area (Å²) in [6, 6.07) is 0. The lowest BCUT2D eigenvalue weighted by molar-refractivity contribution is -0.0529. The number of morpholine rings is 1. The van der Waals surface area contributed by atoms with Gasteiger partial charge in [-0.2, -0.15) is 0 Å². The quantitative estimate of drug-likeness (QED) is 0.700. The van der Waals surface area contributed by atoms with Crippen LogP contribution >= 0.6 is 0 Å². The summed E-state index contributed by atoms with van der Waals surface area (Å²) >= 11 is 0. The van der Waals surface area contributed by atoms with Crippen molar-refractivity contribution in [3.63, 3.8) is 0 Å². The van der Waals surface area contributed by atoms with Crippen LogP contribution in [0.25, 0.3) is 0 Å². The SMILES string of the molecule is OC1(CCN2CCOCC2)CCC1. The van der Waals surface area contributed by atoms with Crippen LogP contribution in [0.3, 0.4) is 0 Å². The first kappa shape index (κ1) is 9.44. The lowest BCUT2D eigenvalue weighted by Crippen LogP contribution is -2.43. The smallest absolute Gasteiger partial charge is 0.0660 e. The fraction of sp³-hybridized carbons (Fsp3) is 1.00. The minimum absolute atomic E-state index is 0.307. The first-order chi connectivity index (χ1) is 6.29. The van der Waals surface area contributed by atoms with Crippen LogP contribution in [0.15, 0.2) is 0 Å². The van der Waals surface area contributed by atoms with Gasteiger partial charge < -0.3 is 9.84 Å². The van der Waals surface area contributed by atoms with E-state index in [0.717, 1.165) is 52.1 Å². The largest absolute Gasteiger partial charge is 0.390 e. The Kier molecular flexibility index (Phi) is 2.86. The van der Waals surface area contributed by atoms with E-state index in [-0.39, 0.29) is 5.60 Å². The molecule has 1 N–H and O–H groups in total. The van der Waals surface area contributed by atoms with E-state index < -0.39 is 0 Å². The Labute approximate surface area is 79.7 Å². The molecule has 2 aliphatic rings. The first-order valence-corrected chi connectivity index (χ1v) is 5.31. The maximum absolute atomic E-state index is 9.88. The highest BCUT2D eigenvalue weighted by atomic mass is 16.5. The van der Waals surface area contributed by atoms with Gasteiger partial charge in [-0.3, -0.25) is 4.90 Å². The van der Waals surface area contributed by atoms with Crippen LogP contribution < -0.4 is 0 Å². The Morgan fingerprint density at radius 3 is 2.46 bits per heavy atom. The third-order valence-corrected chi connectivity index (χ3v) is 3.28. The summed E-state index contributed by atoms with van der Waals surface area (Å²) in [5.74, 6) is 0. The fourth-order valence-electron chi connectivity index (χ4n) is 2.03. The van der Waals surface area contributed by atoms with Crippen LogP contribution in [0.5, 0.6) is 0 Å². The molecule has 0 bridgehead atoms. The van der Waals surface area contributed by atoms with Gasteiger partial charge in [0.25, 0.3) is 0 Å². The second-order valence-electron chi connectivity index (χ2n) is 4.28. The number of rotatable bonds is 3. The maximum atomic E-state index is 9.88. The summed E-state index contributed by atoms with van der Waals surface area (Å²) in [6.07, 6.45) is 4.18. The highest BCUT2D eigenvalue weighted by Crippen LogP contribution is 2.34. The number of hydrogen-bond acceptors (Lipinski definition) is 3. The molecule has 2 fully saturated rings. The number of aliphatic hydroxyl groups is 1. The Balaban J connectivity index is 1.66. The van der Waals surface area contributed by atoms with Crippen LogP contribution in [0.1, 0.15) is 25.7 Å². The van der Waals surface area contributed by atoms with E-state index >= 15 is 0 Å². The van der Waals surface area contributed by atoms with E-state index in [1.165, 1.54) is 6.42 Å². The van der Waals surface area contributed by atoms with Crippen molar-refractivity contribution in [3.8, 4) is 0 Å². The monoisotopic (exact) mass is 185 g/mol. The van der Waals surface area contributed by atoms with Crippen LogP contribution in [-0.2, 0) is 4.74 Å². The summed E-state index contributed by atoms with van der Waals surface area (Å²) in [6.45, 7) is 4.84. The van der Waals surface area contributed by atoms with E-state index in [0.29, 0.717) is 0 Å². The minimum atomic E-state index is -0.307. The molecule has 1 aliphatic heterocycles. The van der Waals surface area contributed by atoms with Crippen molar-refractivity contribution in [2.24, 2.45) is 0 Å². The zero-order chi connectivity index (χ0) is 9.15. The van der Waals surface area contributed by atoms with Crippen LogP contribution in [0.2, 0.25) is 0 Å². The topological polar surface area (TPSA) is 32.7 Å². The summed E-state index contributed by atoms with van der Waals surface area (Å²) in [5.41, 5.74) is -0.307. The van der Waals surface area contributed by atoms with Gasteiger partial charge >= 0.3 is 0 Å². The van der Waals surface area contributed by atoms with Gasteiger partial charge in [0.1, 0.15) is 0 Å². The highest BCUT2D eigenvalue weighted by molar-refractivity contribution is 4.88. The second-order valence-corrected chi connectivity index (χ2v) is 4.28. The van der Waals surface area contributed by atoms with Gasteiger partial charge in [0.15, 0.2) is 0 Å². The molecule has 3 heteroatoms. The van der Waals surface area contributed by atoms with E-state index in [2.05, 4.69) is 4.90 Å². The fourth-order valence-corrected chi connectivity index (χ4v) is 2.03. The molecule has 1 saturated carbocycles. The molecule has 2 rings (SSSR count). The molecular weight excluding hydrogens is 166 g/mol. The predicted octanol–water partition coefficient (Wildman–Crippen LogP) is 0.624. The number of hydrogen-bond donors (Lipinski definition) is 1. The van der Waals surface area contributed by atoms with Crippen LogP contribution in [0.4, 0.5) is 0 Å². The highest BCUT2D eigenvalue weighted by Gasteiger charge is 2.34. The molecule has 13 heavy (non-hydrogen) atoms. The van der Waals surface area contributed by atoms with Crippen molar-refractivity contribution in [1.29, 1.82) is 0 Å². The van der Waals surface area contributed by atoms with Crippen molar-refractivity contribution in [1.82, 2.24) is 4.90 Å². The molecule has 1 saturated heterocycles. The Hall–Kier alpha value is -0.120. The third kappa shape index (κ3) is 2.42. The average molecular weight is 185 g/mol. The summed E-state index contributed by atoms with van der Waals surface area (Å²) < 4.78 is 5.27. The molecule has 0 aromatic heterocycles.